The molecule has 6 heteroatoms. The van der Waals surface area contributed by atoms with Gasteiger partial charge in [-0.05, 0) is 86.8 Å². The number of nitrogen functional groups attached to an aromatic ring is 1. The summed E-state index contributed by atoms with van der Waals surface area (Å²) >= 11 is 0. The van der Waals surface area contributed by atoms with Gasteiger partial charge in [-0.3, -0.25) is 10.2 Å². The van der Waals surface area contributed by atoms with Crippen molar-refractivity contribution in [1.82, 2.24) is 4.90 Å². The number of nitrogens with zero attached hydrogens (tertiary/aromatic N) is 1. The van der Waals surface area contributed by atoms with Crippen LogP contribution in [0.1, 0.15) is 49.9 Å². The summed E-state index contributed by atoms with van der Waals surface area (Å²) in [4.78, 5) is 14.8. The van der Waals surface area contributed by atoms with Crippen LogP contribution >= 0.6 is 0 Å². The van der Waals surface area contributed by atoms with Gasteiger partial charge in [-0.2, -0.15) is 0 Å². The van der Waals surface area contributed by atoms with Crippen LogP contribution in [0.25, 0.3) is 0 Å². The molecule has 1 amide bonds. The van der Waals surface area contributed by atoms with Crippen molar-refractivity contribution in [3.63, 3.8) is 0 Å². The van der Waals surface area contributed by atoms with Gasteiger partial charge in [0.15, 0.2) is 0 Å². The van der Waals surface area contributed by atoms with Gasteiger partial charge in [0, 0.05) is 18.7 Å². The smallest absolute Gasteiger partial charge is 0.232 e. The normalized spacial score (nSPS) is 11.1. The van der Waals surface area contributed by atoms with Crippen LogP contribution in [0.2, 0.25) is 0 Å². The van der Waals surface area contributed by atoms with Crippen molar-refractivity contribution in [2.24, 2.45) is 5.73 Å². The number of carbonyl (C=O) groups is 1. The van der Waals surface area contributed by atoms with Gasteiger partial charge in [-0.1, -0.05) is 30.3 Å². The Morgan fingerprint density at radius 1 is 0.857 bits per heavy atom. The second-order valence-electron chi connectivity index (χ2n) is 8.96. The van der Waals surface area contributed by atoms with E-state index in [9.17, 15) is 4.79 Å². The van der Waals surface area contributed by atoms with Gasteiger partial charge in [-0.15, -0.1) is 0 Å². The molecule has 0 aromatic heterocycles. The van der Waals surface area contributed by atoms with Crippen LogP contribution in [0, 0.1) is 5.41 Å². The van der Waals surface area contributed by atoms with Crippen molar-refractivity contribution >= 4 is 11.7 Å². The molecule has 3 rings (SSSR count). The predicted molar refractivity (Wildman–Crippen MR) is 140 cm³/mol. The molecule has 0 aliphatic heterocycles. The highest BCUT2D eigenvalue weighted by atomic mass is 16.5. The van der Waals surface area contributed by atoms with E-state index in [-0.39, 0.29) is 11.7 Å². The average Bonchev–Trinajstić information content (AvgIpc) is 2.87. The van der Waals surface area contributed by atoms with E-state index in [1.54, 1.807) is 12.1 Å². The SMILES string of the molecule is CCN(CC)C(=O)C(C)(C)c1ccc(OCc2cccc(COc3ccc(C(=N)N)cc3)c2)cc1. The maximum Gasteiger partial charge on any atom is 0.232 e. The van der Waals surface area contributed by atoms with Crippen LogP contribution in [0.3, 0.4) is 0 Å². The van der Waals surface area contributed by atoms with Gasteiger partial charge in [0.05, 0.1) is 5.41 Å². The lowest BCUT2D eigenvalue weighted by Crippen LogP contribution is -2.43. The van der Waals surface area contributed by atoms with Gasteiger partial charge in [0.1, 0.15) is 30.5 Å². The molecule has 0 atom stereocenters. The average molecular weight is 474 g/mol. The van der Waals surface area contributed by atoms with Gasteiger partial charge in [0.25, 0.3) is 0 Å². The van der Waals surface area contributed by atoms with Gasteiger partial charge >= 0.3 is 0 Å². The van der Waals surface area contributed by atoms with Crippen LogP contribution in [0.4, 0.5) is 0 Å². The Morgan fingerprint density at radius 2 is 1.34 bits per heavy atom. The molecule has 0 aliphatic rings. The molecule has 0 bridgehead atoms. The van der Waals surface area contributed by atoms with Crippen molar-refractivity contribution in [2.75, 3.05) is 13.1 Å². The number of carbonyl (C=O) groups excluding carboxylic acids is 1. The van der Waals surface area contributed by atoms with E-state index in [0.29, 0.717) is 31.9 Å². The summed E-state index contributed by atoms with van der Waals surface area (Å²) < 4.78 is 11.9. The van der Waals surface area contributed by atoms with Crippen LogP contribution in [0.15, 0.2) is 72.8 Å². The lowest BCUT2D eigenvalue weighted by Gasteiger charge is -2.31. The molecule has 6 nitrogen and oxygen atoms in total. The number of nitrogens with two attached hydrogens (primary N) is 1. The van der Waals surface area contributed by atoms with E-state index in [2.05, 4.69) is 6.07 Å². The van der Waals surface area contributed by atoms with Gasteiger partial charge in [-0.25, -0.2) is 0 Å². The number of nitrogens with one attached hydrogen (secondary N) is 1. The van der Waals surface area contributed by atoms with Gasteiger partial charge in [0.2, 0.25) is 5.91 Å². The zero-order valence-corrected chi connectivity index (χ0v) is 21.0. The van der Waals surface area contributed by atoms with Crippen molar-refractivity contribution in [3.05, 3.63) is 95.1 Å². The minimum atomic E-state index is -0.592. The standard InChI is InChI=1S/C29H35N3O3/c1-5-32(6-2)28(33)29(3,4)24-12-16-26(17-13-24)35-20-22-9-7-8-21(18-22)19-34-25-14-10-23(11-15-25)27(30)31/h7-18H,5-6,19-20H2,1-4H3,(H3,30,31). The molecule has 0 unspecified atom stereocenters. The molecular weight excluding hydrogens is 438 g/mol. The second-order valence-corrected chi connectivity index (χ2v) is 8.96. The monoisotopic (exact) mass is 473 g/mol. The van der Waals surface area contributed by atoms with E-state index >= 15 is 0 Å². The molecule has 0 radical (unpaired) electrons. The molecule has 0 fully saturated rings. The molecular formula is C29H35N3O3. The third-order valence-corrected chi connectivity index (χ3v) is 6.13. The Bertz CT molecular complexity index is 1130. The minimum absolute atomic E-state index is 0.0377. The number of hydrogen-bond acceptors (Lipinski definition) is 4. The first-order valence-corrected chi connectivity index (χ1v) is 11.9. The molecule has 184 valence electrons. The fourth-order valence-electron chi connectivity index (χ4n) is 3.87. The third kappa shape index (κ3) is 6.63. The molecule has 3 aromatic rings. The second kappa shape index (κ2) is 11.6. The van der Waals surface area contributed by atoms with Crippen molar-refractivity contribution in [1.29, 1.82) is 5.41 Å². The highest BCUT2D eigenvalue weighted by Gasteiger charge is 2.32. The molecule has 0 saturated carbocycles. The number of ether oxygens (including phenoxy) is 2. The Kier molecular flexibility index (Phi) is 8.53. The first-order chi connectivity index (χ1) is 16.7. The molecule has 0 heterocycles. The summed E-state index contributed by atoms with van der Waals surface area (Å²) in [7, 11) is 0. The summed E-state index contributed by atoms with van der Waals surface area (Å²) in [5.74, 6) is 1.65. The Morgan fingerprint density at radius 3 is 1.80 bits per heavy atom. The van der Waals surface area contributed by atoms with Crippen LogP contribution < -0.4 is 15.2 Å². The number of likely N-dealkylation sites (N-methyl/N-ethyl adjacent to an activating group) is 1. The first kappa shape index (κ1) is 25.8. The molecule has 35 heavy (non-hydrogen) atoms. The summed E-state index contributed by atoms with van der Waals surface area (Å²) in [5.41, 5.74) is 8.62. The zero-order chi connectivity index (χ0) is 25.4. The topological polar surface area (TPSA) is 88.6 Å². The predicted octanol–water partition coefficient (Wildman–Crippen LogP) is 5.27. The quantitative estimate of drug-likeness (QED) is 0.293. The zero-order valence-electron chi connectivity index (χ0n) is 21.0. The highest BCUT2D eigenvalue weighted by Crippen LogP contribution is 2.28. The highest BCUT2D eigenvalue weighted by molar-refractivity contribution is 5.95. The van der Waals surface area contributed by atoms with E-state index in [1.807, 2.05) is 87.2 Å². The number of rotatable bonds is 11. The fraction of sp³-hybridized carbons (Fsp3) is 0.310. The van der Waals surface area contributed by atoms with E-state index < -0.39 is 5.41 Å². The molecule has 0 saturated heterocycles. The summed E-state index contributed by atoms with van der Waals surface area (Å²) in [6, 6.07) is 23.0. The number of benzene rings is 3. The first-order valence-electron chi connectivity index (χ1n) is 11.9. The van der Waals surface area contributed by atoms with Gasteiger partial charge < -0.3 is 20.1 Å². The van der Waals surface area contributed by atoms with E-state index in [1.165, 1.54) is 0 Å². The Balaban J connectivity index is 1.57. The number of hydrogen-bond donors (Lipinski definition) is 2. The molecule has 0 aliphatic carbocycles. The third-order valence-electron chi connectivity index (χ3n) is 6.13. The molecule has 3 aromatic carbocycles. The largest absolute Gasteiger partial charge is 0.489 e. The summed E-state index contributed by atoms with van der Waals surface area (Å²) in [6.07, 6.45) is 0. The van der Waals surface area contributed by atoms with Crippen LogP contribution in [0.5, 0.6) is 11.5 Å². The van der Waals surface area contributed by atoms with E-state index in [0.717, 1.165) is 28.2 Å². The lowest BCUT2D eigenvalue weighted by molar-refractivity contribution is -0.135. The maximum absolute atomic E-state index is 12.9. The maximum atomic E-state index is 12.9. The van der Waals surface area contributed by atoms with Crippen molar-refractivity contribution < 1.29 is 14.3 Å². The lowest BCUT2D eigenvalue weighted by atomic mass is 9.83. The van der Waals surface area contributed by atoms with Crippen molar-refractivity contribution in [2.45, 2.75) is 46.3 Å². The molecule has 0 spiro atoms. The van der Waals surface area contributed by atoms with E-state index in [4.69, 9.17) is 20.6 Å². The Hall–Kier alpha value is -3.80. The Labute approximate surface area is 208 Å². The summed E-state index contributed by atoms with van der Waals surface area (Å²) in [5, 5.41) is 7.46. The van der Waals surface area contributed by atoms with Crippen molar-refractivity contribution in [3.8, 4) is 11.5 Å². The van der Waals surface area contributed by atoms with Crippen LogP contribution in [-0.4, -0.2) is 29.7 Å². The molecule has 3 N–H and O–H groups in total. The minimum Gasteiger partial charge on any atom is -0.489 e. The fourth-order valence-corrected chi connectivity index (χ4v) is 3.87. The summed E-state index contributed by atoms with van der Waals surface area (Å²) in [6.45, 7) is 10.2. The van der Waals surface area contributed by atoms with Crippen LogP contribution in [-0.2, 0) is 23.4 Å². The number of amidine groups is 1. The number of amides is 1.